The van der Waals surface area contributed by atoms with Crippen LogP contribution in [-0.2, 0) is 0 Å². The molecule has 1 N–H and O–H groups in total. The van der Waals surface area contributed by atoms with E-state index in [4.69, 9.17) is 16.0 Å². The topological polar surface area (TPSA) is 60.1 Å². The summed E-state index contributed by atoms with van der Waals surface area (Å²) in [6.45, 7) is 0. The Morgan fingerprint density at radius 1 is 1.00 bits per heavy atom. The Labute approximate surface area is 154 Å². The van der Waals surface area contributed by atoms with Crippen LogP contribution in [0.4, 0.5) is 5.69 Å². The number of benzene rings is 2. The Balaban J connectivity index is 1.60. The van der Waals surface area contributed by atoms with E-state index in [0.717, 1.165) is 11.3 Å². The summed E-state index contributed by atoms with van der Waals surface area (Å²) < 4.78 is 7.38. The first-order chi connectivity index (χ1) is 12.7. The number of hydrogen-bond donors (Lipinski definition) is 1. The molecule has 0 bridgehead atoms. The largest absolute Gasteiger partial charge is 0.451 e. The maximum absolute atomic E-state index is 12.6. The summed E-state index contributed by atoms with van der Waals surface area (Å²) in [6.07, 6.45) is 3.49. The molecular formula is C20H14ClN3O2. The van der Waals surface area contributed by atoms with Gasteiger partial charge in [0.2, 0.25) is 0 Å². The number of halogens is 1. The van der Waals surface area contributed by atoms with Gasteiger partial charge in [0.25, 0.3) is 5.91 Å². The molecule has 26 heavy (non-hydrogen) atoms. The third-order valence-electron chi connectivity index (χ3n) is 3.87. The van der Waals surface area contributed by atoms with Gasteiger partial charge in [0.05, 0.1) is 16.4 Å². The minimum atomic E-state index is -0.345. The number of anilines is 1. The Hall–Kier alpha value is -3.31. The van der Waals surface area contributed by atoms with E-state index in [0.29, 0.717) is 16.5 Å². The molecule has 128 valence electrons. The second-order valence-electron chi connectivity index (χ2n) is 5.57. The minimum absolute atomic E-state index is 0.204. The van der Waals surface area contributed by atoms with E-state index in [-0.39, 0.29) is 11.7 Å². The van der Waals surface area contributed by atoms with E-state index in [9.17, 15) is 4.79 Å². The summed E-state index contributed by atoms with van der Waals surface area (Å²) in [5.74, 6) is 0.402. The van der Waals surface area contributed by atoms with Gasteiger partial charge in [-0.15, -0.1) is 0 Å². The van der Waals surface area contributed by atoms with Gasteiger partial charge in [0, 0.05) is 18.0 Å². The van der Waals surface area contributed by atoms with Crippen LogP contribution in [0, 0.1) is 0 Å². The molecule has 5 nitrogen and oxygen atoms in total. The van der Waals surface area contributed by atoms with Crippen LogP contribution in [0.15, 0.2) is 83.5 Å². The number of amides is 1. The van der Waals surface area contributed by atoms with Crippen molar-refractivity contribution in [2.24, 2.45) is 0 Å². The van der Waals surface area contributed by atoms with Gasteiger partial charge in [0.1, 0.15) is 5.76 Å². The fourth-order valence-corrected chi connectivity index (χ4v) is 2.87. The molecule has 0 unspecified atom stereocenters. The summed E-state index contributed by atoms with van der Waals surface area (Å²) in [7, 11) is 0. The van der Waals surface area contributed by atoms with Crippen molar-refractivity contribution in [3.8, 4) is 17.0 Å². The molecule has 1 amide bonds. The predicted molar refractivity (Wildman–Crippen MR) is 101 cm³/mol. The summed E-state index contributed by atoms with van der Waals surface area (Å²) >= 11 is 6.18. The molecule has 0 saturated carbocycles. The number of nitrogens with one attached hydrogen (secondary N) is 1. The Kier molecular flexibility index (Phi) is 4.29. The highest BCUT2D eigenvalue weighted by molar-refractivity contribution is 6.33. The maximum Gasteiger partial charge on any atom is 0.291 e. The number of furan rings is 1. The molecular weight excluding hydrogens is 350 g/mol. The third kappa shape index (κ3) is 3.12. The molecule has 2 heterocycles. The van der Waals surface area contributed by atoms with Crippen molar-refractivity contribution in [3.63, 3.8) is 0 Å². The summed E-state index contributed by atoms with van der Waals surface area (Å²) in [5.41, 5.74) is 2.14. The predicted octanol–water partition coefficient (Wildman–Crippen LogP) is 5.04. The van der Waals surface area contributed by atoms with Gasteiger partial charge in [-0.05, 0) is 42.5 Å². The third-order valence-corrected chi connectivity index (χ3v) is 4.20. The first-order valence-electron chi connectivity index (χ1n) is 7.97. The number of nitrogens with zero attached hydrogens (tertiary/aromatic N) is 2. The molecule has 0 atom stereocenters. The Morgan fingerprint density at radius 2 is 1.81 bits per heavy atom. The first-order valence-corrected chi connectivity index (χ1v) is 8.35. The van der Waals surface area contributed by atoms with Gasteiger partial charge in [-0.25, -0.2) is 4.68 Å². The average molecular weight is 364 g/mol. The molecule has 0 radical (unpaired) electrons. The van der Waals surface area contributed by atoms with Crippen LogP contribution in [0.3, 0.4) is 0 Å². The van der Waals surface area contributed by atoms with Crippen molar-refractivity contribution in [1.82, 2.24) is 9.78 Å². The van der Waals surface area contributed by atoms with Crippen molar-refractivity contribution in [1.29, 1.82) is 0 Å². The van der Waals surface area contributed by atoms with Gasteiger partial charge in [-0.1, -0.05) is 35.9 Å². The van der Waals surface area contributed by atoms with Gasteiger partial charge < -0.3 is 9.73 Å². The van der Waals surface area contributed by atoms with E-state index >= 15 is 0 Å². The number of carbonyl (C=O) groups is 1. The smallest absolute Gasteiger partial charge is 0.291 e. The summed E-state index contributed by atoms with van der Waals surface area (Å²) in [5, 5.41) is 7.64. The molecule has 2 aromatic heterocycles. The van der Waals surface area contributed by atoms with Gasteiger partial charge in [0.15, 0.2) is 5.76 Å². The molecule has 6 heteroatoms. The lowest BCUT2D eigenvalue weighted by Gasteiger charge is -2.10. The monoisotopic (exact) mass is 363 g/mol. The lowest BCUT2D eigenvalue weighted by molar-refractivity contribution is 0.0997. The molecule has 4 rings (SSSR count). The van der Waals surface area contributed by atoms with E-state index < -0.39 is 0 Å². The van der Waals surface area contributed by atoms with E-state index in [1.165, 1.54) is 0 Å². The zero-order valence-corrected chi connectivity index (χ0v) is 14.4. The number of carbonyl (C=O) groups excluding carboxylic acids is 1. The minimum Gasteiger partial charge on any atom is -0.451 e. The second-order valence-corrected chi connectivity index (χ2v) is 5.97. The van der Waals surface area contributed by atoms with Crippen molar-refractivity contribution in [2.45, 2.75) is 0 Å². The van der Waals surface area contributed by atoms with E-state index in [1.54, 1.807) is 29.1 Å². The molecule has 2 aromatic carbocycles. The van der Waals surface area contributed by atoms with Crippen LogP contribution in [0.1, 0.15) is 10.6 Å². The Morgan fingerprint density at radius 3 is 2.62 bits per heavy atom. The van der Waals surface area contributed by atoms with Crippen molar-refractivity contribution in [3.05, 3.63) is 89.9 Å². The number of hydrogen-bond acceptors (Lipinski definition) is 3. The van der Waals surface area contributed by atoms with Crippen LogP contribution >= 0.6 is 11.6 Å². The highest BCUT2D eigenvalue weighted by Crippen LogP contribution is 2.29. The molecule has 0 aliphatic heterocycles. The lowest BCUT2D eigenvalue weighted by atomic mass is 10.2. The van der Waals surface area contributed by atoms with Crippen molar-refractivity contribution >= 4 is 23.2 Å². The molecule has 0 spiro atoms. The van der Waals surface area contributed by atoms with Gasteiger partial charge >= 0.3 is 0 Å². The highest BCUT2D eigenvalue weighted by Gasteiger charge is 2.15. The number of rotatable bonds is 4. The van der Waals surface area contributed by atoms with E-state index in [2.05, 4.69) is 10.4 Å². The SMILES string of the molecule is O=C(Nc1ccccc1-n1cccn1)c1ccc(-c2ccccc2Cl)o1. The average Bonchev–Trinajstić information content (AvgIpc) is 3.35. The zero-order valence-electron chi connectivity index (χ0n) is 13.6. The molecule has 0 fully saturated rings. The standard InChI is InChI=1S/C20H14ClN3O2/c21-15-7-2-1-6-14(15)18-10-11-19(26-18)20(25)23-16-8-3-4-9-17(16)24-13-5-12-22-24/h1-13H,(H,23,25). The lowest BCUT2D eigenvalue weighted by Crippen LogP contribution is -2.13. The maximum atomic E-state index is 12.6. The van der Waals surface area contributed by atoms with Crippen molar-refractivity contribution < 1.29 is 9.21 Å². The fraction of sp³-hybridized carbons (Fsp3) is 0. The van der Waals surface area contributed by atoms with Crippen molar-refractivity contribution in [2.75, 3.05) is 5.32 Å². The van der Waals surface area contributed by atoms with Gasteiger partial charge in [-0.3, -0.25) is 4.79 Å². The highest BCUT2D eigenvalue weighted by atomic mass is 35.5. The van der Waals surface area contributed by atoms with Crippen LogP contribution in [0.25, 0.3) is 17.0 Å². The summed E-state index contributed by atoms with van der Waals surface area (Å²) in [6, 6.07) is 19.9. The molecule has 0 aliphatic rings. The zero-order chi connectivity index (χ0) is 17.9. The summed E-state index contributed by atoms with van der Waals surface area (Å²) in [4.78, 5) is 12.6. The van der Waals surface area contributed by atoms with Crippen LogP contribution < -0.4 is 5.32 Å². The number of aromatic nitrogens is 2. The first kappa shape index (κ1) is 16.2. The van der Waals surface area contributed by atoms with Gasteiger partial charge in [-0.2, -0.15) is 5.10 Å². The molecule has 4 aromatic rings. The van der Waals surface area contributed by atoms with E-state index in [1.807, 2.05) is 54.7 Å². The Bertz CT molecular complexity index is 1050. The molecule has 0 saturated heterocycles. The number of para-hydroxylation sites is 2. The molecule has 0 aliphatic carbocycles. The van der Waals surface area contributed by atoms with Crippen LogP contribution in [0.2, 0.25) is 5.02 Å². The van der Waals surface area contributed by atoms with Crippen LogP contribution in [-0.4, -0.2) is 15.7 Å². The normalized spacial score (nSPS) is 10.7. The van der Waals surface area contributed by atoms with Crippen LogP contribution in [0.5, 0.6) is 0 Å². The fourth-order valence-electron chi connectivity index (χ4n) is 2.64. The quantitative estimate of drug-likeness (QED) is 0.552. The second kappa shape index (κ2) is 6.90.